The molecule has 0 aliphatic carbocycles. The van der Waals surface area contributed by atoms with Crippen molar-refractivity contribution >= 4 is 43.8 Å². The lowest BCUT2D eigenvalue weighted by atomic mass is 10.2. The Bertz CT molecular complexity index is 510. The molecule has 0 aliphatic heterocycles. The van der Waals surface area contributed by atoms with E-state index in [1.165, 1.54) is 0 Å². The summed E-state index contributed by atoms with van der Waals surface area (Å²) in [5.41, 5.74) is 0. The fourth-order valence-electron chi connectivity index (χ4n) is 1.61. The van der Waals surface area contributed by atoms with Crippen LogP contribution >= 0.6 is 23.2 Å². The summed E-state index contributed by atoms with van der Waals surface area (Å²) >= 11 is 10.6. The lowest BCUT2D eigenvalue weighted by Gasteiger charge is -2.22. The van der Waals surface area contributed by atoms with E-state index in [0.29, 0.717) is 13.1 Å². The minimum Gasteiger partial charge on any atom is -0.273 e. The Morgan fingerprint density at radius 3 is 1.21 bits per heavy atom. The third-order valence-electron chi connectivity index (χ3n) is 2.46. The largest absolute Gasteiger partial charge is 0.335 e. The van der Waals surface area contributed by atoms with Gasteiger partial charge in [-0.05, 0) is 11.8 Å². The number of alkyl halides is 2. The smallest absolute Gasteiger partial charge is 0.273 e. The molecule has 24 heavy (non-hydrogen) atoms. The van der Waals surface area contributed by atoms with E-state index in [4.69, 9.17) is 32.3 Å². The van der Waals surface area contributed by atoms with Gasteiger partial charge in [0, 0.05) is 37.9 Å². The Hall–Kier alpha value is 0.320. The average Bonchev–Trinajstić information content (AvgIpc) is 2.35. The summed E-state index contributed by atoms with van der Waals surface area (Å²) in [7, 11) is -8.15. The molecular formula is C12H28Cl2N2O6S2. The molecular weight excluding hydrogens is 403 g/mol. The summed E-state index contributed by atoms with van der Waals surface area (Å²) < 4.78 is 62.0. The van der Waals surface area contributed by atoms with Gasteiger partial charge >= 0.3 is 20.6 Å². The molecule has 0 atom stereocenters. The molecule has 0 heterocycles. The van der Waals surface area contributed by atoms with Crippen molar-refractivity contribution in [3.05, 3.63) is 0 Å². The molecule has 12 heteroatoms. The highest BCUT2D eigenvalue weighted by atomic mass is 35.5. The minimum atomic E-state index is -4.12. The van der Waals surface area contributed by atoms with Crippen LogP contribution in [0, 0.1) is 11.8 Å². The van der Waals surface area contributed by atoms with Crippen LogP contribution in [0.25, 0.3) is 0 Å². The Balaban J connectivity index is 0. The van der Waals surface area contributed by atoms with E-state index in [1.807, 2.05) is 27.7 Å². The first-order valence-electron chi connectivity index (χ1n) is 7.32. The molecule has 0 radical (unpaired) electrons. The molecule has 0 rings (SSSR count). The van der Waals surface area contributed by atoms with Crippen LogP contribution in [-0.4, -0.2) is 72.5 Å². The standard InChI is InChI=1S/C8H19NO3S.C4H9Cl2NO3S/c1-7(2)5-9(6-8(3)4)13(10,11)12;5-1-3-7(4-2-6)11(8,9)10/h7-8H,5-6H2,1-4H3,(H,10,11,12);1-4H2,(H,8,9,10). The van der Waals surface area contributed by atoms with Crippen molar-refractivity contribution in [3.63, 3.8) is 0 Å². The maximum atomic E-state index is 10.9. The van der Waals surface area contributed by atoms with Gasteiger partial charge in [0.2, 0.25) is 0 Å². The normalized spacial score (nSPS) is 12.8. The molecule has 0 aromatic carbocycles. The molecule has 0 spiro atoms. The number of hydrogen-bond acceptors (Lipinski definition) is 4. The van der Waals surface area contributed by atoms with Crippen LogP contribution in [0.2, 0.25) is 0 Å². The number of rotatable bonds is 10. The van der Waals surface area contributed by atoms with Crippen LogP contribution < -0.4 is 0 Å². The second-order valence-electron chi connectivity index (χ2n) is 5.84. The van der Waals surface area contributed by atoms with Crippen molar-refractivity contribution in [3.8, 4) is 0 Å². The highest BCUT2D eigenvalue weighted by molar-refractivity contribution is 7.83. The zero-order chi connectivity index (χ0) is 19.6. The quantitative estimate of drug-likeness (QED) is 0.404. The third-order valence-corrected chi connectivity index (χ3v) is 4.76. The molecule has 0 bridgehead atoms. The molecule has 0 aromatic heterocycles. The minimum absolute atomic E-state index is 0.0765. The molecule has 2 N–H and O–H groups in total. The van der Waals surface area contributed by atoms with Crippen molar-refractivity contribution in [1.82, 2.24) is 8.61 Å². The first kappa shape index (κ1) is 26.5. The van der Waals surface area contributed by atoms with Crippen molar-refractivity contribution in [1.29, 1.82) is 0 Å². The zero-order valence-electron chi connectivity index (χ0n) is 14.4. The fraction of sp³-hybridized carbons (Fsp3) is 1.00. The van der Waals surface area contributed by atoms with Gasteiger partial charge in [-0.15, -0.1) is 23.2 Å². The molecule has 0 saturated heterocycles. The summed E-state index contributed by atoms with van der Waals surface area (Å²) in [6.45, 7) is 8.56. The molecule has 0 aliphatic rings. The van der Waals surface area contributed by atoms with Gasteiger partial charge in [-0.2, -0.15) is 25.4 Å². The van der Waals surface area contributed by atoms with E-state index in [9.17, 15) is 16.8 Å². The van der Waals surface area contributed by atoms with Gasteiger partial charge < -0.3 is 0 Å². The monoisotopic (exact) mass is 430 g/mol. The summed E-state index contributed by atoms with van der Waals surface area (Å²) in [6.07, 6.45) is 0. The van der Waals surface area contributed by atoms with Gasteiger partial charge in [0.25, 0.3) is 0 Å². The summed E-state index contributed by atoms with van der Waals surface area (Å²) in [4.78, 5) is 0. The Kier molecular flexibility index (Phi) is 14.0. The van der Waals surface area contributed by atoms with E-state index in [1.54, 1.807) is 0 Å². The topological polar surface area (TPSA) is 115 Å². The Labute approximate surface area is 155 Å². The molecule has 148 valence electrons. The maximum absolute atomic E-state index is 10.9. The second-order valence-corrected chi connectivity index (χ2v) is 9.42. The lowest BCUT2D eigenvalue weighted by Crippen LogP contribution is -2.36. The Morgan fingerprint density at radius 1 is 0.750 bits per heavy atom. The molecule has 8 nitrogen and oxygen atoms in total. The van der Waals surface area contributed by atoms with E-state index in [-0.39, 0.29) is 36.7 Å². The number of hydrogen-bond donors (Lipinski definition) is 2. The van der Waals surface area contributed by atoms with Crippen LogP contribution in [0.4, 0.5) is 0 Å². The molecule has 0 unspecified atom stereocenters. The SMILES string of the molecule is CC(C)CN(CC(C)C)S(=O)(=O)O.O=S(=O)(O)N(CCCl)CCCl. The average molecular weight is 431 g/mol. The third kappa shape index (κ3) is 14.6. The highest BCUT2D eigenvalue weighted by Crippen LogP contribution is 2.07. The van der Waals surface area contributed by atoms with Gasteiger partial charge in [0.1, 0.15) is 0 Å². The summed E-state index contributed by atoms with van der Waals surface area (Å²) in [6, 6.07) is 0. The van der Waals surface area contributed by atoms with Gasteiger partial charge in [0.05, 0.1) is 0 Å². The highest BCUT2D eigenvalue weighted by Gasteiger charge is 2.20. The predicted octanol–water partition coefficient (Wildman–Crippen LogP) is 1.97. The summed E-state index contributed by atoms with van der Waals surface area (Å²) in [5, 5.41) is 0. The molecule has 0 saturated carbocycles. The van der Waals surface area contributed by atoms with Crippen LogP contribution in [0.15, 0.2) is 0 Å². The van der Waals surface area contributed by atoms with Crippen LogP contribution in [0.5, 0.6) is 0 Å². The first-order chi connectivity index (χ1) is 10.8. The van der Waals surface area contributed by atoms with Crippen LogP contribution in [0.1, 0.15) is 27.7 Å². The molecule has 0 aromatic rings. The van der Waals surface area contributed by atoms with Crippen LogP contribution in [-0.2, 0) is 20.6 Å². The maximum Gasteiger partial charge on any atom is 0.335 e. The molecule has 0 fully saturated rings. The van der Waals surface area contributed by atoms with Crippen molar-refractivity contribution < 1.29 is 25.9 Å². The first-order valence-corrected chi connectivity index (χ1v) is 11.2. The lowest BCUT2D eigenvalue weighted by molar-refractivity contribution is 0.298. The van der Waals surface area contributed by atoms with Gasteiger partial charge in [-0.3, -0.25) is 9.11 Å². The van der Waals surface area contributed by atoms with Crippen LogP contribution in [0.3, 0.4) is 0 Å². The summed E-state index contributed by atoms with van der Waals surface area (Å²) in [5.74, 6) is 0.717. The van der Waals surface area contributed by atoms with E-state index in [0.717, 1.165) is 8.61 Å². The van der Waals surface area contributed by atoms with Crippen molar-refractivity contribution in [2.24, 2.45) is 11.8 Å². The zero-order valence-corrected chi connectivity index (χ0v) is 17.5. The van der Waals surface area contributed by atoms with Gasteiger partial charge in [0.15, 0.2) is 0 Å². The van der Waals surface area contributed by atoms with Gasteiger partial charge in [-0.25, -0.2) is 0 Å². The number of nitrogens with zero attached hydrogens (tertiary/aromatic N) is 2. The second kappa shape index (κ2) is 12.6. The fourth-order valence-corrected chi connectivity index (χ4v) is 3.83. The van der Waals surface area contributed by atoms with Gasteiger partial charge in [-0.1, -0.05) is 27.7 Å². The Morgan fingerprint density at radius 2 is 1.04 bits per heavy atom. The van der Waals surface area contributed by atoms with Crippen molar-refractivity contribution in [2.45, 2.75) is 27.7 Å². The number of halogens is 2. The van der Waals surface area contributed by atoms with E-state index in [2.05, 4.69) is 0 Å². The van der Waals surface area contributed by atoms with Crippen molar-refractivity contribution in [2.75, 3.05) is 37.9 Å². The van der Waals surface area contributed by atoms with E-state index < -0.39 is 20.6 Å². The van der Waals surface area contributed by atoms with E-state index >= 15 is 0 Å². The molecule has 0 amide bonds. The predicted molar refractivity (Wildman–Crippen MR) is 97.4 cm³/mol.